The summed E-state index contributed by atoms with van der Waals surface area (Å²) in [6, 6.07) is 9.94. The summed E-state index contributed by atoms with van der Waals surface area (Å²) in [7, 11) is -2.88. The molecule has 0 aliphatic heterocycles. The smallest absolute Gasteiger partial charge is 0.341 e. The van der Waals surface area contributed by atoms with Crippen LogP contribution >= 0.6 is 0 Å². The molecule has 0 aliphatic rings. The second-order valence-electron chi connectivity index (χ2n) is 6.02. The third-order valence-electron chi connectivity index (χ3n) is 4.07. The molecule has 0 aliphatic carbocycles. The van der Waals surface area contributed by atoms with Crippen molar-refractivity contribution in [2.24, 2.45) is 0 Å². The number of anilines is 1. The van der Waals surface area contributed by atoms with Crippen LogP contribution < -0.4 is 4.72 Å². The summed E-state index contributed by atoms with van der Waals surface area (Å²) in [5.41, 5.74) is 1.40. The highest BCUT2D eigenvalue weighted by Gasteiger charge is 2.20. The van der Waals surface area contributed by atoms with Gasteiger partial charge in [-0.2, -0.15) is 0 Å². The Morgan fingerprint density at radius 1 is 1.18 bits per heavy atom. The first-order chi connectivity index (χ1) is 13.2. The predicted octanol–water partition coefficient (Wildman–Crippen LogP) is 3.25. The van der Waals surface area contributed by atoms with Gasteiger partial charge in [-0.25, -0.2) is 18.2 Å². The normalized spacial score (nSPS) is 11.2. The van der Waals surface area contributed by atoms with Gasteiger partial charge in [-0.05, 0) is 50.2 Å². The molecule has 146 valence electrons. The van der Waals surface area contributed by atoms with E-state index in [0.717, 1.165) is 24.9 Å². The van der Waals surface area contributed by atoms with Crippen LogP contribution in [-0.4, -0.2) is 31.6 Å². The number of rotatable bonds is 5. The lowest BCUT2D eigenvalue weighted by molar-refractivity contribution is 0.0597. The summed E-state index contributed by atoms with van der Waals surface area (Å²) in [5, 5.41) is 9.75. The number of carbonyl (C=O) groups is 1. The second kappa shape index (κ2) is 7.35. The van der Waals surface area contributed by atoms with Crippen LogP contribution in [-0.2, 0) is 14.8 Å². The lowest BCUT2D eigenvalue weighted by Crippen LogP contribution is -2.14. The molecule has 0 spiro atoms. The zero-order valence-electron chi connectivity index (χ0n) is 15.4. The van der Waals surface area contributed by atoms with Crippen molar-refractivity contribution in [2.75, 3.05) is 11.8 Å². The summed E-state index contributed by atoms with van der Waals surface area (Å²) in [6.45, 7) is 3.61. The summed E-state index contributed by atoms with van der Waals surface area (Å²) in [6.07, 6.45) is 0. The number of benzene rings is 2. The number of carbonyl (C=O) groups excluding carboxylic acids is 1. The number of sulfonamides is 1. The maximum absolute atomic E-state index is 12.7. The number of aromatic nitrogens is 1. The van der Waals surface area contributed by atoms with Crippen molar-refractivity contribution in [1.82, 2.24) is 4.98 Å². The average molecular weight is 402 g/mol. The fourth-order valence-corrected chi connectivity index (χ4v) is 3.56. The van der Waals surface area contributed by atoms with Crippen LogP contribution in [0.4, 0.5) is 5.69 Å². The van der Waals surface area contributed by atoms with E-state index in [9.17, 15) is 18.3 Å². The molecule has 0 fully saturated rings. The second-order valence-corrected chi connectivity index (χ2v) is 7.70. The Labute approximate surface area is 161 Å². The van der Waals surface area contributed by atoms with Crippen LogP contribution in [0.3, 0.4) is 0 Å². The minimum absolute atomic E-state index is 0.195. The first kappa shape index (κ1) is 19.4. The highest BCUT2D eigenvalue weighted by Crippen LogP contribution is 2.27. The summed E-state index contributed by atoms with van der Waals surface area (Å²) < 4.78 is 38.0. The Morgan fingerprint density at radius 3 is 2.57 bits per heavy atom. The van der Waals surface area contributed by atoms with Gasteiger partial charge in [-0.15, -0.1) is 0 Å². The summed E-state index contributed by atoms with van der Waals surface area (Å²) >= 11 is 0. The molecule has 0 bridgehead atoms. The number of ether oxygens (including phenoxy) is 1. The Bertz CT molecular complexity index is 1130. The van der Waals surface area contributed by atoms with Gasteiger partial charge < -0.3 is 14.3 Å². The minimum Gasteiger partial charge on any atom is -0.507 e. The molecular weight excluding hydrogens is 384 g/mol. The molecule has 0 radical (unpaired) electrons. The highest BCUT2D eigenvalue weighted by molar-refractivity contribution is 7.92. The van der Waals surface area contributed by atoms with E-state index in [-0.39, 0.29) is 16.2 Å². The van der Waals surface area contributed by atoms with E-state index in [4.69, 9.17) is 4.42 Å². The van der Waals surface area contributed by atoms with Crippen LogP contribution in [0.25, 0.3) is 11.5 Å². The number of esters is 1. The molecule has 0 amide bonds. The number of hydrogen-bond donors (Lipinski definition) is 2. The zero-order valence-corrected chi connectivity index (χ0v) is 16.2. The Hall–Kier alpha value is -3.33. The van der Waals surface area contributed by atoms with Gasteiger partial charge in [0.15, 0.2) is 0 Å². The molecule has 3 rings (SSSR count). The molecule has 8 nitrogen and oxygen atoms in total. The highest BCUT2D eigenvalue weighted by atomic mass is 32.2. The maximum Gasteiger partial charge on any atom is 0.341 e. The van der Waals surface area contributed by atoms with Gasteiger partial charge in [0, 0.05) is 11.3 Å². The van der Waals surface area contributed by atoms with E-state index in [1.165, 1.54) is 6.07 Å². The van der Waals surface area contributed by atoms with Crippen LogP contribution in [0.15, 0.2) is 51.8 Å². The van der Waals surface area contributed by atoms with Gasteiger partial charge in [0.1, 0.15) is 17.1 Å². The van der Waals surface area contributed by atoms with Gasteiger partial charge in [-0.1, -0.05) is 6.07 Å². The number of nitrogens with zero attached hydrogens (tertiary/aromatic N) is 1. The lowest BCUT2D eigenvalue weighted by atomic mass is 10.2. The first-order valence-corrected chi connectivity index (χ1v) is 9.68. The number of aryl methyl sites for hydroxylation is 2. The fraction of sp³-hybridized carbons (Fsp3) is 0.158. The summed E-state index contributed by atoms with van der Waals surface area (Å²) in [5.74, 6) is -0.150. The molecule has 1 aromatic heterocycles. The Kier molecular flexibility index (Phi) is 5.10. The fourth-order valence-electron chi connectivity index (χ4n) is 2.48. The maximum atomic E-state index is 12.7. The average Bonchev–Trinajstić information content (AvgIpc) is 3.00. The van der Waals surface area contributed by atoms with Crippen molar-refractivity contribution in [3.05, 3.63) is 59.5 Å². The van der Waals surface area contributed by atoms with Gasteiger partial charge in [0.2, 0.25) is 5.89 Å². The standard InChI is InChI=1S/C19H18N2O6S/c1-11-12(2)27-18(20-11)13-5-4-6-14(9-13)21-28(24,25)15-7-8-17(22)16(10-15)19(23)26-3/h4-10,21-22H,1-3H3. The van der Waals surface area contributed by atoms with E-state index >= 15 is 0 Å². The van der Waals surface area contributed by atoms with Crippen LogP contribution in [0.1, 0.15) is 21.8 Å². The topological polar surface area (TPSA) is 119 Å². The molecule has 2 aromatic carbocycles. The van der Waals surface area contributed by atoms with E-state index < -0.39 is 16.0 Å². The van der Waals surface area contributed by atoms with Crippen molar-refractivity contribution in [1.29, 1.82) is 0 Å². The largest absolute Gasteiger partial charge is 0.507 e. The Morgan fingerprint density at radius 2 is 1.93 bits per heavy atom. The number of nitrogens with one attached hydrogen (secondary N) is 1. The van der Waals surface area contributed by atoms with Crippen molar-refractivity contribution in [3.8, 4) is 17.2 Å². The molecule has 2 N–H and O–H groups in total. The van der Waals surface area contributed by atoms with Crippen LogP contribution in [0, 0.1) is 13.8 Å². The number of phenolic OH excluding ortho intramolecular Hbond substituents is 1. The SMILES string of the molecule is COC(=O)c1cc(S(=O)(=O)Nc2cccc(-c3nc(C)c(C)o3)c2)ccc1O. The van der Waals surface area contributed by atoms with E-state index in [1.54, 1.807) is 31.2 Å². The van der Waals surface area contributed by atoms with Gasteiger partial charge in [0.25, 0.3) is 10.0 Å². The van der Waals surface area contributed by atoms with Crippen molar-refractivity contribution in [3.63, 3.8) is 0 Å². The van der Waals surface area contributed by atoms with Crippen molar-refractivity contribution in [2.45, 2.75) is 18.7 Å². The quantitative estimate of drug-likeness (QED) is 0.629. The zero-order chi connectivity index (χ0) is 20.5. The van der Waals surface area contributed by atoms with Crippen LogP contribution in [0.2, 0.25) is 0 Å². The molecule has 0 atom stereocenters. The molecule has 0 saturated carbocycles. The Balaban J connectivity index is 1.93. The molecular formula is C19H18N2O6S. The third kappa shape index (κ3) is 3.84. The molecule has 1 heterocycles. The van der Waals surface area contributed by atoms with Crippen molar-refractivity contribution >= 4 is 21.7 Å². The van der Waals surface area contributed by atoms with Crippen molar-refractivity contribution < 1.29 is 27.5 Å². The lowest BCUT2D eigenvalue weighted by Gasteiger charge is -2.10. The molecule has 0 saturated heterocycles. The van der Waals surface area contributed by atoms with E-state index in [1.807, 2.05) is 6.92 Å². The predicted molar refractivity (Wildman–Crippen MR) is 102 cm³/mol. The third-order valence-corrected chi connectivity index (χ3v) is 5.45. The summed E-state index contributed by atoms with van der Waals surface area (Å²) in [4.78, 5) is 15.8. The number of oxazole rings is 1. The number of methoxy groups -OCH3 is 1. The van der Waals surface area contributed by atoms with Gasteiger partial charge in [-0.3, -0.25) is 4.72 Å². The molecule has 28 heavy (non-hydrogen) atoms. The van der Waals surface area contributed by atoms with Gasteiger partial charge in [0.05, 0.1) is 17.7 Å². The number of aromatic hydroxyl groups is 1. The monoisotopic (exact) mass is 402 g/mol. The first-order valence-electron chi connectivity index (χ1n) is 8.20. The van der Waals surface area contributed by atoms with E-state index in [0.29, 0.717) is 22.9 Å². The molecule has 0 unspecified atom stereocenters. The molecule has 3 aromatic rings. The van der Waals surface area contributed by atoms with Crippen LogP contribution in [0.5, 0.6) is 5.75 Å². The minimum atomic E-state index is -4.02. The number of phenols is 1. The van der Waals surface area contributed by atoms with Gasteiger partial charge >= 0.3 is 5.97 Å². The molecule has 9 heteroatoms. The van der Waals surface area contributed by atoms with E-state index in [2.05, 4.69) is 14.4 Å². The number of hydrogen-bond acceptors (Lipinski definition) is 7.